The average Bonchev–Trinajstić information content (AvgIpc) is 3.44. The van der Waals surface area contributed by atoms with Gasteiger partial charge in [0.25, 0.3) is 0 Å². The molecule has 0 saturated heterocycles. The summed E-state index contributed by atoms with van der Waals surface area (Å²) in [7, 11) is 0. The molecule has 136 valence electrons. The summed E-state index contributed by atoms with van der Waals surface area (Å²) in [5, 5.41) is 8.89. The number of nitrogens with one attached hydrogen (secondary N) is 1. The fourth-order valence-corrected chi connectivity index (χ4v) is 3.17. The second kappa shape index (κ2) is 7.58. The van der Waals surface area contributed by atoms with E-state index >= 15 is 0 Å². The molecule has 1 aliphatic carbocycles. The van der Waals surface area contributed by atoms with Crippen molar-refractivity contribution in [3.05, 3.63) is 65.7 Å². The lowest BCUT2D eigenvalue weighted by Gasteiger charge is -2.16. The second-order valence-electron chi connectivity index (χ2n) is 6.22. The number of benzene rings is 2. The van der Waals surface area contributed by atoms with Crippen LogP contribution in [0.15, 0.2) is 54.6 Å². The van der Waals surface area contributed by atoms with Crippen LogP contribution < -0.4 is 10.2 Å². The summed E-state index contributed by atoms with van der Waals surface area (Å²) in [6.07, 6.45) is 0.308. The molecule has 2 aromatic rings. The van der Waals surface area contributed by atoms with Crippen molar-refractivity contribution in [3.63, 3.8) is 0 Å². The lowest BCUT2D eigenvalue weighted by Crippen LogP contribution is -2.32. The van der Waals surface area contributed by atoms with Crippen molar-refractivity contribution in [2.24, 2.45) is 5.92 Å². The Labute approximate surface area is 151 Å². The number of carbonyl (C=O) groups is 2. The van der Waals surface area contributed by atoms with Crippen LogP contribution >= 0.6 is 0 Å². The Hall–Kier alpha value is -2.86. The number of carbonyl (C=O) groups excluding carboxylic acids is 2. The van der Waals surface area contributed by atoms with Crippen LogP contribution in [-0.2, 0) is 26.3 Å². The molecule has 2 aromatic carbocycles. The molecule has 1 saturated carbocycles. The number of hydrogen-bond acceptors (Lipinski definition) is 5. The zero-order valence-electron chi connectivity index (χ0n) is 14.5. The summed E-state index contributed by atoms with van der Waals surface area (Å²) in [4.78, 5) is 24.2. The van der Waals surface area contributed by atoms with Crippen LogP contribution in [0.1, 0.15) is 24.5 Å². The van der Waals surface area contributed by atoms with Gasteiger partial charge < -0.3 is 9.47 Å². The van der Waals surface area contributed by atoms with Crippen molar-refractivity contribution in [2.45, 2.75) is 25.4 Å². The molecule has 3 rings (SSSR count). The topological polar surface area (TPSA) is 84.9 Å². The molecule has 0 spiro atoms. The first-order chi connectivity index (χ1) is 12.6. The molecule has 0 heterocycles. The van der Waals surface area contributed by atoms with E-state index in [0.717, 1.165) is 5.56 Å². The van der Waals surface area contributed by atoms with Crippen LogP contribution in [0.5, 0.6) is 5.75 Å². The molecule has 2 N–H and O–H groups in total. The Bertz CT molecular complexity index is 775. The van der Waals surface area contributed by atoms with Gasteiger partial charge in [-0.15, -0.1) is 0 Å². The number of ether oxygens (including phenoxy) is 2. The van der Waals surface area contributed by atoms with Gasteiger partial charge in [-0.3, -0.25) is 14.8 Å². The molecule has 6 heteroatoms. The van der Waals surface area contributed by atoms with Gasteiger partial charge in [-0.2, -0.15) is 0 Å². The van der Waals surface area contributed by atoms with Crippen molar-refractivity contribution in [1.82, 2.24) is 5.48 Å². The van der Waals surface area contributed by atoms with E-state index in [-0.39, 0.29) is 6.61 Å². The Morgan fingerprint density at radius 3 is 2.46 bits per heavy atom. The van der Waals surface area contributed by atoms with Gasteiger partial charge in [0.05, 0.1) is 12.5 Å². The SMILES string of the molecule is CCOC(=O)[C@@]1(c2ccc(OCc3ccccc3)cc2)C[C@@H]1C(=O)NO. The van der Waals surface area contributed by atoms with Crippen molar-refractivity contribution in [3.8, 4) is 5.75 Å². The first kappa shape index (κ1) is 17.9. The standard InChI is InChI=1S/C20H21NO5/c1-2-25-19(23)20(12-17(20)18(22)21-24)15-8-10-16(11-9-15)26-13-14-6-4-3-5-7-14/h3-11,17,24H,2,12-13H2,1H3,(H,21,22)/t17-,20-/m1/s1. The monoisotopic (exact) mass is 355 g/mol. The minimum atomic E-state index is -1.04. The van der Waals surface area contributed by atoms with Crippen LogP contribution in [0.4, 0.5) is 0 Å². The summed E-state index contributed by atoms with van der Waals surface area (Å²) in [6, 6.07) is 16.9. The molecule has 1 aliphatic rings. The van der Waals surface area contributed by atoms with Gasteiger partial charge in [0.2, 0.25) is 5.91 Å². The third kappa shape index (κ3) is 3.41. The van der Waals surface area contributed by atoms with Gasteiger partial charge in [0.15, 0.2) is 0 Å². The van der Waals surface area contributed by atoms with Crippen LogP contribution in [-0.4, -0.2) is 23.7 Å². The molecule has 0 aliphatic heterocycles. The summed E-state index contributed by atoms with van der Waals surface area (Å²) < 4.78 is 10.9. The molecule has 6 nitrogen and oxygen atoms in total. The third-order valence-electron chi connectivity index (χ3n) is 4.64. The van der Waals surface area contributed by atoms with Gasteiger partial charge in [-0.1, -0.05) is 42.5 Å². The lowest BCUT2D eigenvalue weighted by molar-refractivity contribution is -0.148. The minimum absolute atomic E-state index is 0.228. The van der Waals surface area contributed by atoms with Crippen LogP contribution in [0.25, 0.3) is 0 Å². The maximum atomic E-state index is 12.4. The molecule has 0 aromatic heterocycles. The number of rotatable bonds is 7. The predicted octanol–water partition coefficient (Wildman–Crippen LogP) is 2.59. The molecule has 1 amide bonds. The number of hydrogen-bond donors (Lipinski definition) is 2. The molecule has 0 bridgehead atoms. The highest BCUT2D eigenvalue weighted by Gasteiger charge is 2.65. The van der Waals surface area contributed by atoms with E-state index in [9.17, 15) is 9.59 Å². The largest absolute Gasteiger partial charge is 0.489 e. The summed E-state index contributed by atoms with van der Waals surface area (Å²) >= 11 is 0. The summed E-state index contributed by atoms with van der Waals surface area (Å²) in [5.74, 6) is -1.00. The van der Waals surface area contributed by atoms with Gasteiger partial charge in [0, 0.05) is 0 Å². The normalized spacial score (nSPS) is 20.9. The van der Waals surface area contributed by atoms with Crippen molar-refractivity contribution in [2.75, 3.05) is 6.61 Å². The van der Waals surface area contributed by atoms with E-state index in [1.165, 1.54) is 0 Å². The Morgan fingerprint density at radius 1 is 1.15 bits per heavy atom. The average molecular weight is 355 g/mol. The van der Waals surface area contributed by atoms with Gasteiger partial charge in [-0.25, -0.2) is 5.48 Å². The third-order valence-corrected chi connectivity index (χ3v) is 4.64. The van der Waals surface area contributed by atoms with E-state index < -0.39 is 23.2 Å². The van der Waals surface area contributed by atoms with Crippen LogP contribution in [0.3, 0.4) is 0 Å². The molecular formula is C20H21NO5. The summed E-state index contributed by atoms with van der Waals surface area (Å²) in [5.41, 5.74) is 2.32. The first-order valence-electron chi connectivity index (χ1n) is 8.50. The molecule has 0 radical (unpaired) electrons. The highest BCUT2D eigenvalue weighted by Crippen LogP contribution is 2.55. The molecule has 0 unspecified atom stereocenters. The highest BCUT2D eigenvalue weighted by molar-refractivity contribution is 5.97. The van der Waals surface area contributed by atoms with Gasteiger partial charge >= 0.3 is 5.97 Å². The Kier molecular flexibility index (Phi) is 5.23. The smallest absolute Gasteiger partial charge is 0.317 e. The molecule has 1 fully saturated rings. The quantitative estimate of drug-likeness (QED) is 0.453. The van der Waals surface area contributed by atoms with E-state index in [4.69, 9.17) is 14.7 Å². The highest BCUT2D eigenvalue weighted by atomic mass is 16.5. The van der Waals surface area contributed by atoms with Gasteiger partial charge in [0.1, 0.15) is 17.8 Å². The second-order valence-corrected chi connectivity index (χ2v) is 6.22. The van der Waals surface area contributed by atoms with Crippen molar-refractivity contribution < 1.29 is 24.3 Å². The van der Waals surface area contributed by atoms with E-state index in [2.05, 4.69) is 0 Å². The van der Waals surface area contributed by atoms with Crippen molar-refractivity contribution in [1.29, 1.82) is 0 Å². The fourth-order valence-electron chi connectivity index (χ4n) is 3.17. The molecular weight excluding hydrogens is 334 g/mol. The van der Waals surface area contributed by atoms with Crippen molar-refractivity contribution >= 4 is 11.9 Å². The number of hydroxylamine groups is 1. The maximum Gasteiger partial charge on any atom is 0.317 e. The summed E-state index contributed by atoms with van der Waals surface area (Å²) in [6.45, 7) is 2.39. The van der Waals surface area contributed by atoms with E-state index in [0.29, 0.717) is 24.3 Å². The zero-order valence-corrected chi connectivity index (χ0v) is 14.5. The Balaban J connectivity index is 1.74. The van der Waals surface area contributed by atoms with Crippen LogP contribution in [0.2, 0.25) is 0 Å². The first-order valence-corrected chi connectivity index (χ1v) is 8.50. The van der Waals surface area contributed by atoms with E-state index in [1.807, 2.05) is 30.3 Å². The fraction of sp³-hybridized carbons (Fsp3) is 0.300. The van der Waals surface area contributed by atoms with E-state index in [1.54, 1.807) is 36.7 Å². The maximum absolute atomic E-state index is 12.4. The number of amides is 1. The molecule has 26 heavy (non-hydrogen) atoms. The zero-order chi connectivity index (χ0) is 18.6. The van der Waals surface area contributed by atoms with Gasteiger partial charge in [-0.05, 0) is 36.6 Å². The lowest BCUT2D eigenvalue weighted by atomic mass is 9.93. The number of esters is 1. The minimum Gasteiger partial charge on any atom is -0.489 e. The molecule has 2 atom stereocenters. The van der Waals surface area contributed by atoms with Crippen LogP contribution in [0, 0.1) is 5.92 Å². The predicted molar refractivity (Wildman–Crippen MR) is 93.6 cm³/mol. The Morgan fingerprint density at radius 2 is 1.85 bits per heavy atom.